The summed E-state index contributed by atoms with van der Waals surface area (Å²) in [7, 11) is 0. The van der Waals surface area contributed by atoms with Crippen LogP contribution in [0.1, 0.15) is 16.1 Å². The molecule has 1 saturated heterocycles. The van der Waals surface area contributed by atoms with Gasteiger partial charge in [0, 0.05) is 26.2 Å². The highest BCUT2D eigenvalue weighted by Crippen LogP contribution is 2.34. The standard InChI is InChI=1S/C11H6ClF3N2O.C6H14N2O/c12-10(18)8-6-16-17(9(8)11(13,14)15)7-4-2-1-3-5-7;7-1-2-8-3-5-9-6-4-8/h1-6H;1-7H2. The van der Waals surface area contributed by atoms with Gasteiger partial charge >= 0.3 is 6.18 Å². The maximum Gasteiger partial charge on any atom is 0.434 e. The molecule has 1 fully saturated rings. The van der Waals surface area contributed by atoms with Gasteiger partial charge in [0.25, 0.3) is 5.24 Å². The molecule has 0 aliphatic carbocycles. The van der Waals surface area contributed by atoms with E-state index in [4.69, 9.17) is 22.1 Å². The van der Waals surface area contributed by atoms with Crippen LogP contribution in [0, 0.1) is 0 Å². The van der Waals surface area contributed by atoms with Crippen LogP contribution in [0.4, 0.5) is 13.2 Å². The molecule has 2 N–H and O–H groups in total. The number of para-hydroxylation sites is 1. The van der Waals surface area contributed by atoms with Crippen molar-refractivity contribution < 1.29 is 22.7 Å². The van der Waals surface area contributed by atoms with Gasteiger partial charge in [-0.1, -0.05) is 18.2 Å². The second-order valence-corrected chi connectivity index (χ2v) is 6.01. The highest BCUT2D eigenvalue weighted by atomic mass is 35.5. The Morgan fingerprint density at radius 2 is 1.85 bits per heavy atom. The van der Waals surface area contributed by atoms with Crippen molar-refractivity contribution in [3.8, 4) is 5.69 Å². The summed E-state index contributed by atoms with van der Waals surface area (Å²) in [6, 6.07) is 7.70. The molecule has 0 unspecified atom stereocenters. The Labute approximate surface area is 159 Å². The van der Waals surface area contributed by atoms with Crippen molar-refractivity contribution in [3.05, 3.63) is 47.8 Å². The van der Waals surface area contributed by atoms with Gasteiger partial charge in [-0.3, -0.25) is 9.69 Å². The number of carbonyl (C=O) groups excluding carboxylic acids is 1. The van der Waals surface area contributed by atoms with Crippen LogP contribution >= 0.6 is 11.6 Å². The minimum absolute atomic E-state index is 0.203. The lowest BCUT2D eigenvalue weighted by atomic mass is 10.2. The molecule has 10 heteroatoms. The third-order valence-electron chi connectivity index (χ3n) is 3.80. The predicted molar refractivity (Wildman–Crippen MR) is 95.1 cm³/mol. The average Bonchev–Trinajstić information content (AvgIpc) is 3.10. The minimum atomic E-state index is -4.72. The van der Waals surface area contributed by atoms with Crippen molar-refractivity contribution in [2.75, 3.05) is 39.4 Å². The van der Waals surface area contributed by atoms with Gasteiger partial charge in [-0.05, 0) is 23.7 Å². The Bertz CT molecular complexity index is 729. The average molecular weight is 405 g/mol. The van der Waals surface area contributed by atoms with Crippen LogP contribution < -0.4 is 5.73 Å². The fourth-order valence-corrected chi connectivity index (χ4v) is 2.68. The molecule has 1 aliphatic heterocycles. The fraction of sp³-hybridized carbons (Fsp3) is 0.412. The summed E-state index contributed by atoms with van der Waals surface area (Å²) in [6.07, 6.45) is -3.91. The first-order chi connectivity index (χ1) is 12.8. The second kappa shape index (κ2) is 9.84. The Balaban J connectivity index is 0.000000244. The SMILES string of the molecule is NCCN1CCOCC1.O=C(Cl)c1cnn(-c2ccccc2)c1C(F)(F)F. The first kappa shape index (κ1) is 21.4. The zero-order valence-corrected chi connectivity index (χ0v) is 15.2. The van der Waals surface area contributed by atoms with Crippen molar-refractivity contribution in [2.24, 2.45) is 5.73 Å². The van der Waals surface area contributed by atoms with E-state index in [1.165, 1.54) is 12.1 Å². The van der Waals surface area contributed by atoms with Gasteiger partial charge in [0.1, 0.15) is 0 Å². The summed E-state index contributed by atoms with van der Waals surface area (Å²) in [5.74, 6) is 0. The molecule has 0 bridgehead atoms. The number of halogens is 4. The first-order valence-electron chi connectivity index (χ1n) is 8.25. The molecular formula is C17H20ClF3N4O2. The third-order valence-corrected chi connectivity index (χ3v) is 4.00. The maximum atomic E-state index is 12.9. The summed E-state index contributed by atoms with van der Waals surface area (Å²) < 4.78 is 44.6. The van der Waals surface area contributed by atoms with Crippen molar-refractivity contribution in [1.82, 2.24) is 14.7 Å². The summed E-state index contributed by atoms with van der Waals surface area (Å²) in [5.41, 5.74) is 3.75. The lowest BCUT2D eigenvalue weighted by Gasteiger charge is -2.25. The van der Waals surface area contributed by atoms with Gasteiger partial charge in [0.2, 0.25) is 0 Å². The number of hydrogen-bond donors (Lipinski definition) is 1. The van der Waals surface area contributed by atoms with E-state index in [0.29, 0.717) is 4.68 Å². The first-order valence-corrected chi connectivity index (χ1v) is 8.63. The molecule has 1 aliphatic rings. The molecule has 1 aromatic carbocycles. The number of nitrogens with two attached hydrogens (primary N) is 1. The van der Waals surface area contributed by atoms with E-state index < -0.39 is 22.7 Å². The van der Waals surface area contributed by atoms with Gasteiger partial charge in [0.15, 0.2) is 5.69 Å². The number of aromatic nitrogens is 2. The highest BCUT2D eigenvalue weighted by molar-refractivity contribution is 6.67. The van der Waals surface area contributed by atoms with Crippen LogP contribution in [0.25, 0.3) is 5.69 Å². The van der Waals surface area contributed by atoms with Crippen LogP contribution in [0.2, 0.25) is 0 Å². The van der Waals surface area contributed by atoms with Crippen molar-refractivity contribution in [2.45, 2.75) is 6.18 Å². The Kier molecular flexibility index (Phi) is 7.78. The molecule has 1 aromatic heterocycles. The lowest BCUT2D eigenvalue weighted by Crippen LogP contribution is -2.39. The molecule has 6 nitrogen and oxygen atoms in total. The van der Waals surface area contributed by atoms with E-state index in [-0.39, 0.29) is 5.69 Å². The number of hydrogen-bond acceptors (Lipinski definition) is 5. The van der Waals surface area contributed by atoms with E-state index in [1.807, 2.05) is 0 Å². The third kappa shape index (κ3) is 6.03. The zero-order chi connectivity index (χ0) is 19.9. The van der Waals surface area contributed by atoms with Crippen molar-refractivity contribution >= 4 is 16.8 Å². The molecule has 0 radical (unpaired) electrons. The van der Waals surface area contributed by atoms with Gasteiger partial charge in [-0.2, -0.15) is 18.3 Å². The number of carbonyl (C=O) groups is 1. The summed E-state index contributed by atoms with van der Waals surface area (Å²) in [6.45, 7) is 5.64. The smallest absolute Gasteiger partial charge is 0.379 e. The largest absolute Gasteiger partial charge is 0.434 e. The number of alkyl halides is 3. The van der Waals surface area contributed by atoms with E-state index in [9.17, 15) is 18.0 Å². The molecule has 3 rings (SSSR count). The van der Waals surface area contributed by atoms with Gasteiger partial charge < -0.3 is 10.5 Å². The van der Waals surface area contributed by atoms with Gasteiger partial charge in [-0.25, -0.2) is 4.68 Å². The normalized spacial score (nSPS) is 15.1. The number of ether oxygens (including phenoxy) is 1. The molecule has 2 heterocycles. The van der Waals surface area contributed by atoms with Crippen LogP contribution in [0.5, 0.6) is 0 Å². The minimum Gasteiger partial charge on any atom is -0.379 e. The molecule has 0 amide bonds. The van der Waals surface area contributed by atoms with E-state index in [1.54, 1.807) is 18.2 Å². The van der Waals surface area contributed by atoms with Gasteiger partial charge in [-0.15, -0.1) is 0 Å². The van der Waals surface area contributed by atoms with Crippen LogP contribution in [-0.4, -0.2) is 59.3 Å². The van der Waals surface area contributed by atoms with E-state index in [0.717, 1.165) is 45.6 Å². The molecule has 0 atom stereocenters. The quantitative estimate of drug-likeness (QED) is 0.793. The van der Waals surface area contributed by atoms with Crippen LogP contribution in [-0.2, 0) is 10.9 Å². The highest BCUT2D eigenvalue weighted by Gasteiger charge is 2.40. The molecule has 0 spiro atoms. The van der Waals surface area contributed by atoms with E-state index >= 15 is 0 Å². The number of rotatable bonds is 4. The Hall–Kier alpha value is -1.94. The molecular weight excluding hydrogens is 385 g/mol. The number of nitrogens with zero attached hydrogens (tertiary/aromatic N) is 3. The number of benzene rings is 1. The van der Waals surface area contributed by atoms with E-state index in [2.05, 4.69) is 10.00 Å². The molecule has 2 aromatic rings. The summed E-state index contributed by atoms with van der Waals surface area (Å²) in [5, 5.41) is 2.38. The molecule has 148 valence electrons. The Morgan fingerprint density at radius 3 is 2.37 bits per heavy atom. The second-order valence-electron chi connectivity index (χ2n) is 5.67. The van der Waals surface area contributed by atoms with Gasteiger partial charge in [0.05, 0.1) is 30.7 Å². The van der Waals surface area contributed by atoms with Crippen LogP contribution in [0.15, 0.2) is 36.5 Å². The summed E-state index contributed by atoms with van der Waals surface area (Å²) in [4.78, 5) is 13.3. The predicted octanol–water partition coefficient (Wildman–Crippen LogP) is 2.55. The topological polar surface area (TPSA) is 73.4 Å². The van der Waals surface area contributed by atoms with Crippen LogP contribution in [0.3, 0.4) is 0 Å². The number of morpholine rings is 1. The maximum absolute atomic E-state index is 12.9. The molecule has 27 heavy (non-hydrogen) atoms. The van der Waals surface area contributed by atoms with Crippen molar-refractivity contribution in [3.63, 3.8) is 0 Å². The van der Waals surface area contributed by atoms with Crippen molar-refractivity contribution in [1.29, 1.82) is 0 Å². The zero-order valence-electron chi connectivity index (χ0n) is 14.5. The molecule has 0 saturated carbocycles. The summed E-state index contributed by atoms with van der Waals surface area (Å²) >= 11 is 5.12. The Morgan fingerprint density at radius 1 is 1.22 bits per heavy atom. The monoisotopic (exact) mass is 404 g/mol. The lowest BCUT2D eigenvalue weighted by molar-refractivity contribution is -0.143. The fourth-order valence-electron chi connectivity index (χ4n) is 2.54.